The number of carbonyl (C=O) groups is 1. The van der Waals surface area contributed by atoms with E-state index in [1.54, 1.807) is 30.3 Å². The number of hydrogen-bond donors (Lipinski definition) is 2. The van der Waals surface area contributed by atoms with Gasteiger partial charge in [0, 0.05) is 12.6 Å². The normalized spacial score (nSPS) is 13.2. The smallest absolute Gasteiger partial charge is 0.354 e. The highest BCUT2D eigenvalue weighted by molar-refractivity contribution is 5.76. The van der Waals surface area contributed by atoms with Gasteiger partial charge in [0.15, 0.2) is 0 Å². The van der Waals surface area contributed by atoms with Crippen LogP contribution in [0.1, 0.15) is 18.0 Å². The van der Waals surface area contributed by atoms with E-state index in [1.165, 1.54) is 0 Å². The summed E-state index contributed by atoms with van der Waals surface area (Å²) in [4.78, 5) is 10.9. The Morgan fingerprint density at radius 1 is 1.29 bits per heavy atom. The van der Waals surface area contributed by atoms with E-state index in [0.29, 0.717) is 0 Å². The highest BCUT2D eigenvalue weighted by Crippen LogP contribution is 2.19. The second-order valence-electron chi connectivity index (χ2n) is 3.61. The molecule has 0 bridgehead atoms. The summed E-state index contributed by atoms with van der Waals surface area (Å²) >= 11 is 0. The van der Waals surface area contributed by atoms with E-state index in [1.807, 2.05) is 0 Å². The van der Waals surface area contributed by atoms with Crippen LogP contribution in [0, 0.1) is 0 Å². The zero-order valence-electron chi connectivity index (χ0n) is 9.00. The molecule has 94 valence electrons. The summed E-state index contributed by atoms with van der Waals surface area (Å²) in [6.45, 7) is -0.0150. The average molecular weight is 246 g/mol. The van der Waals surface area contributed by atoms with Crippen LogP contribution >= 0.6 is 0 Å². The van der Waals surface area contributed by atoms with Crippen LogP contribution in [-0.2, 0) is 4.79 Å². The fraction of sp³-hybridized carbons (Fsp3) is 0.364. The molecule has 17 heavy (non-hydrogen) atoms. The molecule has 1 atom stereocenters. The molecular weight excluding hydrogens is 233 g/mol. The molecule has 0 aliphatic rings. The van der Waals surface area contributed by atoms with Crippen molar-refractivity contribution in [2.75, 3.05) is 6.54 Å². The first-order chi connectivity index (χ1) is 7.88. The van der Waals surface area contributed by atoms with Gasteiger partial charge in [0.25, 0.3) is 0 Å². The van der Waals surface area contributed by atoms with Gasteiger partial charge in [0.2, 0.25) is 5.91 Å². The van der Waals surface area contributed by atoms with Crippen LogP contribution in [0.15, 0.2) is 30.3 Å². The SMILES string of the molecule is NC(CNC(=O)CC(F)(F)F)c1ccccc1. The van der Waals surface area contributed by atoms with E-state index in [0.717, 1.165) is 5.56 Å². The lowest BCUT2D eigenvalue weighted by Gasteiger charge is -2.13. The molecule has 0 aliphatic carbocycles. The Kier molecular flexibility index (Phi) is 4.51. The molecule has 1 rings (SSSR count). The Hall–Kier alpha value is -1.56. The highest BCUT2D eigenvalue weighted by Gasteiger charge is 2.31. The minimum absolute atomic E-state index is 0.0150. The fourth-order valence-corrected chi connectivity index (χ4v) is 1.29. The predicted octanol–water partition coefficient (Wildman–Crippen LogP) is 1.75. The van der Waals surface area contributed by atoms with Crippen molar-refractivity contribution in [2.24, 2.45) is 5.73 Å². The van der Waals surface area contributed by atoms with E-state index in [4.69, 9.17) is 5.73 Å². The summed E-state index contributed by atoms with van der Waals surface area (Å²) in [6, 6.07) is 8.34. The number of amides is 1. The second kappa shape index (κ2) is 5.67. The second-order valence-corrected chi connectivity index (χ2v) is 3.61. The molecule has 1 unspecified atom stereocenters. The minimum Gasteiger partial charge on any atom is -0.354 e. The molecule has 1 amide bonds. The molecule has 1 aromatic carbocycles. The van der Waals surface area contributed by atoms with Gasteiger partial charge >= 0.3 is 6.18 Å². The van der Waals surface area contributed by atoms with Crippen LogP contribution in [0.25, 0.3) is 0 Å². The number of rotatable bonds is 4. The number of nitrogens with one attached hydrogen (secondary N) is 1. The third kappa shape index (κ3) is 5.35. The van der Waals surface area contributed by atoms with Crippen molar-refractivity contribution < 1.29 is 18.0 Å². The number of carbonyl (C=O) groups excluding carboxylic acids is 1. The molecule has 0 saturated carbocycles. The van der Waals surface area contributed by atoms with Gasteiger partial charge in [-0.25, -0.2) is 0 Å². The number of hydrogen-bond acceptors (Lipinski definition) is 2. The number of benzene rings is 1. The fourth-order valence-electron chi connectivity index (χ4n) is 1.29. The van der Waals surface area contributed by atoms with Gasteiger partial charge in [-0.2, -0.15) is 13.2 Å². The standard InChI is InChI=1S/C11H13F3N2O/c12-11(13,14)6-10(17)16-7-9(15)8-4-2-1-3-5-8/h1-5,9H,6-7,15H2,(H,16,17). The Morgan fingerprint density at radius 3 is 2.41 bits per heavy atom. The molecule has 1 aromatic rings. The van der Waals surface area contributed by atoms with Gasteiger partial charge in [-0.3, -0.25) is 4.79 Å². The molecule has 0 aromatic heterocycles. The van der Waals surface area contributed by atoms with Crippen molar-refractivity contribution >= 4 is 5.91 Å². The van der Waals surface area contributed by atoms with E-state index >= 15 is 0 Å². The molecule has 0 radical (unpaired) electrons. The van der Waals surface area contributed by atoms with Crippen molar-refractivity contribution in [3.8, 4) is 0 Å². The number of nitrogens with two attached hydrogens (primary N) is 1. The maximum atomic E-state index is 11.9. The Bertz CT molecular complexity index is 365. The average Bonchev–Trinajstić information content (AvgIpc) is 2.25. The van der Waals surface area contributed by atoms with Crippen molar-refractivity contribution in [3.63, 3.8) is 0 Å². The molecule has 6 heteroatoms. The monoisotopic (exact) mass is 246 g/mol. The number of alkyl halides is 3. The summed E-state index contributed by atoms with van der Waals surface area (Å²) in [5, 5.41) is 2.15. The van der Waals surface area contributed by atoms with Gasteiger partial charge in [0.1, 0.15) is 6.42 Å². The van der Waals surface area contributed by atoms with Crippen LogP contribution in [0.5, 0.6) is 0 Å². The van der Waals surface area contributed by atoms with Gasteiger partial charge in [-0.1, -0.05) is 30.3 Å². The lowest BCUT2D eigenvalue weighted by molar-refractivity contribution is -0.153. The highest BCUT2D eigenvalue weighted by atomic mass is 19.4. The van der Waals surface area contributed by atoms with Crippen LogP contribution in [0.3, 0.4) is 0 Å². The summed E-state index contributed by atoms with van der Waals surface area (Å²) in [7, 11) is 0. The van der Waals surface area contributed by atoms with Crippen LogP contribution in [0.4, 0.5) is 13.2 Å². The van der Waals surface area contributed by atoms with Gasteiger partial charge in [0.05, 0.1) is 0 Å². The first-order valence-corrected chi connectivity index (χ1v) is 5.02. The lowest BCUT2D eigenvalue weighted by Crippen LogP contribution is -2.34. The van der Waals surface area contributed by atoms with Crippen LogP contribution < -0.4 is 11.1 Å². The van der Waals surface area contributed by atoms with E-state index in [2.05, 4.69) is 5.32 Å². The first-order valence-electron chi connectivity index (χ1n) is 5.02. The van der Waals surface area contributed by atoms with Crippen LogP contribution in [0.2, 0.25) is 0 Å². The molecule has 0 spiro atoms. The predicted molar refractivity (Wildman–Crippen MR) is 57.1 cm³/mol. The van der Waals surface area contributed by atoms with Gasteiger partial charge in [-0.15, -0.1) is 0 Å². The van der Waals surface area contributed by atoms with E-state index in [9.17, 15) is 18.0 Å². The zero-order chi connectivity index (χ0) is 12.9. The Balaban J connectivity index is 2.39. The Morgan fingerprint density at radius 2 is 1.88 bits per heavy atom. The molecule has 0 saturated heterocycles. The van der Waals surface area contributed by atoms with Crippen LogP contribution in [-0.4, -0.2) is 18.6 Å². The summed E-state index contributed by atoms with van der Waals surface area (Å²) < 4.78 is 35.6. The summed E-state index contributed by atoms with van der Waals surface area (Å²) in [6.07, 6.45) is -5.96. The van der Waals surface area contributed by atoms with Gasteiger partial charge in [-0.05, 0) is 5.56 Å². The van der Waals surface area contributed by atoms with Crippen molar-refractivity contribution in [1.82, 2.24) is 5.32 Å². The summed E-state index contributed by atoms with van der Waals surface area (Å²) in [5.41, 5.74) is 6.47. The van der Waals surface area contributed by atoms with Crippen molar-refractivity contribution in [3.05, 3.63) is 35.9 Å². The zero-order valence-corrected chi connectivity index (χ0v) is 9.00. The van der Waals surface area contributed by atoms with Gasteiger partial charge < -0.3 is 11.1 Å². The maximum Gasteiger partial charge on any atom is 0.397 e. The molecule has 0 fully saturated rings. The molecular formula is C11H13F3N2O. The van der Waals surface area contributed by atoms with E-state index in [-0.39, 0.29) is 6.54 Å². The molecule has 0 aliphatic heterocycles. The lowest BCUT2D eigenvalue weighted by atomic mass is 10.1. The third-order valence-electron chi connectivity index (χ3n) is 2.11. The summed E-state index contributed by atoms with van der Waals surface area (Å²) in [5.74, 6) is -1.07. The van der Waals surface area contributed by atoms with Crippen molar-refractivity contribution in [1.29, 1.82) is 0 Å². The number of halogens is 3. The van der Waals surface area contributed by atoms with Crippen molar-refractivity contribution in [2.45, 2.75) is 18.6 Å². The first kappa shape index (κ1) is 13.5. The largest absolute Gasteiger partial charge is 0.397 e. The minimum atomic E-state index is -4.49. The quantitative estimate of drug-likeness (QED) is 0.850. The third-order valence-corrected chi connectivity index (χ3v) is 2.11. The molecule has 3 nitrogen and oxygen atoms in total. The topological polar surface area (TPSA) is 55.1 Å². The maximum absolute atomic E-state index is 11.9. The van der Waals surface area contributed by atoms with E-state index < -0.39 is 24.5 Å². The molecule has 3 N–H and O–H groups in total. The Labute approximate surface area is 96.8 Å². The molecule has 0 heterocycles.